The van der Waals surface area contributed by atoms with Crippen LogP contribution in [0.15, 0.2) is 24.3 Å². The second-order valence-corrected chi connectivity index (χ2v) is 5.87. The first-order chi connectivity index (χ1) is 9.69. The minimum absolute atomic E-state index is 0.354. The molecular formula is C16H25ClN2O. The predicted molar refractivity (Wildman–Crippen MR) is 84.3 cm³/mol. The van der Waals surface area contributed by atoms with E-state index in [0.717, 1.165) is 44.2 Å². The molecule has 1 aliphatic heterocycles. The Morgan fingerprint density at radius 1 is 1.50 bits per heavy atom. The van der Waals surface area contributed by atoms with Gasteiger partial charge < -0.3 is 10.1 Å². The maximum atomic E-state index is 6.10. The van der Waals surface area contributed by atoms with Gasteiger partial charge in [-0.25, -0.2) is 0 Å². The average molecular weight is 297 g/mol. The van der Waals surface area contributed by atoms with Gasteiger partial charge in [0, 0.05) is 30.7 Å². The van der Waals surface area contributed by atoms with Gasteiger partial charge in [0.1, 0.15) is 0 Å². The molecular weight excluding hydrogens is 272 g/mol. The number of hydrogen-bond donors (Lipinski definition) is 1. The van der Waals surface area contributed by atoms with Crippen molar-refractivity contribution in [2.45, 2.75) is 32.4 Å². The van der Waals surface area contributed by atoms with Gasteiger partial charge in [-0.3, -0.25) is 4.90 Å². The van der Waals surface area contributed by atoms with Gasteiger partial charge in [-0.2, -0.15) is 0 Å². The van der Waals surface area contributed by atoms with E-state index in [1.165, 1.54) is 5.56 Å². The third kappa shape index (κ3) is 4.74. The summed E-state index contributed by atoms with van der Waals surface area (Å²) < 4.78 is 5.59. The molecule has 1 N–H and O–H groups in total. The Morgan fingerprint density at radius 2 is 2.35 bits per heavy atom. The second kappa shape index (κ2) is 7.99. The predicted octanol–water partition coefficient (Wildman–Crippen LogP) is 3.10. The van der Waals surface area contributed by atoms with E-state index in [2.05, 4.69) is 36.2 Å². The molecule has 1 aliphatic rings. The van der Waals surface area contributed by atoms with Gasteiger partial charge in [-0.05, 0) is 37.6 Å². The van der Waals surface area contributed by atoms with Crippen molar-refractivity contribution in [3.63, 3.8) is 0 Å². The van der Waals surface area contributed by atoms with Crippen molar-refractivity contribution in [1.82, 2.24) is 10.2 Å². The summed E-state index contributed by atoms with van der Waals surface area (Å²) in [5.74, 6) is 0. The van der Waals surface area contributed by atoms with Crippen LogP contribution in [0.4, 0.5) is 0 Å². The summed E-state index contributed by atoms with van der Waals surface area (Å²) in [6.45, 7) is 9.28. The van der Waals surface area contributed by atoms with Crippen LogP contribution in [0.2, 0.25) is 5.02 Å². The van der Waals surface area contributed by atoms with Gasteiger partial charge in [-0.15, -0.1) is 0 Å². The van der Waals surface area contributed by atoms with Crippen LogP contribution < -0.4 is 5.32 Å². The number of halogens is 1. The van der Waals surface area contributed by atoms with Crippen LogP contribution in [0.25, 0.3) is 0 Å². The Balaban J connectivity index is 1.92. The molecule has 1 aromatic carbocycles. The molecule has 4 heteroatoms. The number of morpholine rings is 1. The number of ether oxygens (including phenoxy) is 1. The molecule has 0 amide bonds. The number of hydrogen-bond acceptors (Lipinski definition) is 3. The third-order valence-electron chi connectivity index (χ3n) is 3.76. The number of rotatable bonds is 6. The zero-order chi connectivity index (χ0) is 14.4. The van der Waals surface area contributed by atoms with Crippen molar-refractivity contribution >= 4 is 11.6 Å². The van der Waals surface area contributed by atoms with E-state index in [9.17, 15) is 0 Å². The third-order valence-corrected chi connectivity index (χ3v) is 4.00. The maximum Gasteiger partial charge on any atom is 0.0674 e. The number of benzene rings is 1. The largest absolute Gasteiger partial charge is 0.376 e. The highest BCUT2D eigenvalue weighted by molar-refractivity contribution is 6.30. The summed E-state index contributed by atoms with van der Waals surface area (Å²) in [5, 5.41) is 4.37. The molecule has 20 heavy (non-hydrogen) atoms. The molecule has 0 radical (unpaired) electrons. The Labute approximate surface area is 127 Å². The van der Waals surface area contributed by atoms with Gasteiger partial charge in [-0.1, -0.05) is 30.7 Å². The van der Waals surface area contributed by atoms with E-state index >= 15 is 0 Å². The molecule has 0 saturated carbocycles. The van der Waals surface area contributed by atoms with Crippen LogP contribution in [0, 0.1) is 0 Å². The molecule has 3 nitrogen and oxygen atoms in total. The molecule has 0 bridgehead atoms. The van der Waals surface area contributed by atoms with Crippen LogP contribution >= 0.6 is 11.6 Å². The lowest BCUT2D eigenvalue weighted by Gasteiger charge is -2.32. The Morgan fingerprint density at radius 3 is 3.05 bits per heavy atom. The molecule has 0 spiro atoms. The van der Waals surface area contributed by atoms with Crippen LogP contribution in [-0.2, 0) is 4.74 Å². The van der Waals surface area contributed by atoms with Crippen molar-refractivity contribution < 1.29 is 4.74 Å². The number of nitrogens with zero attached hydrogens (tertiary/aromatic N) is 1. The van der Waals surface area contributed by atoms with Crippen molar-refractivity contribution in [1.29, 1.82) is 0 Å². The quantitative estimate of drug-likeness (QED) is 0.873. The Kier molecular flexibility index (Phi) is 6.30. The van der Waals surface area contributed by atoms with E-state index in [1.807, 2.05) is 12.1 Å². The molecule has 1 saturated heterocycles. The fourth-order valence-electron chi connectivity index (χ4n) is 2.76. The minimum atomic E-state index is 0.354. The summed E-state index contributed by atoms with van der Waals surface area (Å²) in [5.41, 5.74) is 1.28. The van der Waals surface area contributed by atoms with Gasteiger partial charge in [0.15, 0.2) is 0 Å². The van der Waals surface area contributed by atoms with Crippen LogP contribution in [0.1, 0.15) is 31.9 Å². The molecule has 2 unspecified atom stereocenters. The highest BCUT2D eigenvalue weighted by atomic mass is 35.5. The van der Waals surface area contributed by atoms with E-state index < -0.39 is 0 Å². The topological polar surface area (TPSA) is 24.5 Å². The maximum absolute atomic E-state index is 6.10. The smallest absolute Gasteiger partial charge is 0.0674 e. The van der Waals surface area contributed by atoms with E-state index in [0.29, 0.717) is 12.1 Å². The standard InChI is InChI=1S/C16H25ClN2O/c1-3-18-16(14-5-4-6-15(17)11-14)7-8-19-9-10-20-13(2)12-19/h4-6,11,13,16,18H,3,7-10,12H2,1-2H3. The molecule has 2 atom stereocenters. The van der Waals surface area contributed by atoms with Gasteiger partial charge in [0.25, 0.3) is 0 Å². The van der Waals surface area contributed by atoms with Crippen LogP contribution in [0.3, 0.4) is 0 Å². The molecule has 112 valence electrons. The van der Waals surface area contributed by atoms with Crippen molar-refractivity contribution in [2.75, 3.05) is 32.8 Å². The van der Waals surface area contributed by atoms with Gasteiger partial charge in [0.2, 0.25) is 0 Å². The van der Waals surface area contributed by atoms with E-state index in [4.69, 9.17) is 16.3 Å². The summed E-state index contributed by atoms with van der Waals surface area (Å²) in [6.07, 6.45) is 1.45. The first-order valence-corrected chi connectivity index (χ1v) is 7.89. The summed E-state index contributed by atoms with van der Waals surface area (Å²) in [6, 6.07) is 8.55. The average Bonchev–Trinajstić information content (AvgIpc) is 2.43. The van der Waals surface area contributed by atoms with Crippen molar-refractivity contribution in [2.24, 2.45) is 0 Å². The van der Waals surface area contributed by atoms with Gasteiger partial charge in [0.05, 0.1) is 12.7 Å². The van der Waals surface area contributed by atoms with Gasteiger partial charge >= 0.3 is 0 Å². The number of nitrogens with one attached hydrogen (secondary N) is 1. The summed E-state index contributed by atoms with van der Waals surface area (Å²) in [4.78, 5) is 2.49. The Hall–Kier alpha value is -0.610. The molecule has 0 aliphatic carbocycles. The zero-order valence-electron chi connectivity index (χ0n) is 12.4. The monoisotopic (exact) mass is 296 g/mol. The molecule has 1 aromatic rings. The fourth-order valence-corrected chi connectivity index (χ4v) is 2.96. The summed E-state index contributed by atoms with van der Waals surface area (Å²) in [7, 11) is 0. The van der Waals surface area contributed by atoms with Crippen LogP contribution in [-0.4, -0.2) is 43.8 Å². The zero-order valence-corrected chi connectivity index (χ0v) is 13.2. The molecule has 1 heterocycles. The molecule has 0 aromatic heterocycles. The first-order valence-electron chi connectivity index (χ1n) is 7.52. The molecule has 2 rings (SSSR count). The Bertz CT molecular complexity index is 413. The minimum Gasteiger partial charge on any atom is -0.376 e. The SMILES string of the molecule is CCNC(CCN1CCOC(C)C1)c1cccc(Cl)c1. The fraction of sp³-hybridized carbons (Fsp3) is 0.625. The van der Waals surface area contributed by atoms with Crippen LogP contribution in [0.5, 0.6) is 0 Å². The van der Waals surface area contributed by atoms with Crippen molar-refractivity contribution in [3.05, 3.63) is 34.9 Å². The van der Waals surface area contributed by atoms with E-state index in [1.54, 1.807) is 0 Å². The lowest BCUT2D eigenvalue weighted by molar-refractivity contribution is -0.0192. The van der Waals surface area contributed by atoms with Crippen molar-refractivity contribution in [3.8, 4) is 0 Å². The highest BCUT2D eigenvalue weighted by Crippen LogP contribution is 2.21. The normalized spacial score (nSPS) is 21.9. The second-order valence-electron chi connectivity index (χ2n) is 5.44. The molecule has 1 fully saturated rings. The highest BCUT2D eigenvalue weighted by Gasteiger charge is 2.18. The first kappa shape index (κ1) is 15.8. The lowest BCUT2D eigenvalue weighted by Crippen LogP contribution is -2.42. The summed E-state index contributed by atoms with van der Waals surface area (Å²) >= 11 is 6.10. The van der Waals surface area contributed by atoms with E-state index in [-0.39, 0.29) is 0 Å². The lowest BCUT2D eigenvalue weighted by atomic mass is 10.0.